The van der Waals surface area contributed by atoms with Crippen LogP contribution in [0.15, 0.2) is 23.6 Å². The summed E-state index contributed by atoms with van der Waals surface area (Å²) in [6, 6.07) is 6.17. The number of fused-ring (bicyclic) bond motifs is 1. The molecule has 1 atom stereocenters. The summed E-state index contributed by atoms with van der Waals surface area (Å²) in [5.74, 6) is 0.147. The van der Waals surface area contributed by atoms with Crippen LogP contribution in [0.2, 0.25) is 5.02 Å². The second kappa shape index (κ2) is 5.17. The summed E-state index contributed by atoms with van der Waals surface area (Å²) in [6.07, 6.45) is 0.483. The van der Waals surface area contributed by atoms with Crippen LogP contribution in [0.5, 0.6) is 0 Å². The minimum atomic E-state index is 0.0695. The van der Waals surface area contributed by atoms with Crippen LogP contribution in [0.3, 0.4) is 0 Å². The number of hydrogen-bond acceptors (Lipinski definition) is 2. The van der Waals surface area contributed by atoms with E-state index < -0.39 is 0 Å². The van der Waals surface area contributed by atoms with Gasteiger partial charge in [-0.1, -0.05) is 39.7 Å². The number of halogens is 2. The molecule has 2 nitrogen and oxygen atoms in total. The highest BCUT2D eigenvalue weighted by Gasteiger charge is 2.25. The number of carbonyl (C=O) groups excluding carboxylic acids is 1. The van der Waals surface area contributed by atoms with Crippen LogP contribution in [0.25, 0.3) is 0 Å². The zero-order valence-electron chi connectivity index (χ0n) is 11.1. The van der Waals surface area contributed by atoms with Gasteiger partial charge in [-0.3, -0.25) is 4.79 Å². The topological polar surface area (TPSA) is 20.3 Å². The number of aryl methyl sites for hydroxylation is 1. The molecule has 0 N–H and O–H groups in total. The Balaban J connectivity index is 1.98. The van der Waals surface area contributed by atoms with E-state index in [2.05, 4.69) is 33.4 Å². The molecule has 2 heterocycles. The highest BCUT2D eigenvalue weighted by atomic mass is 79.9. The van der Waals surface area contributed by atoms with Crippen molar-refractivity contribution in [2.24, 2.45) is 0 Å². The third kappa shape index (κ3) is 2.20. The number of carbonyl (C=O) groups is 1. The SMILES string of the molecule is Cc1csc(C(Br)c2ccc3c(c2)CC(=O)N3C)c1Cl. The molecule has 1 aliphatic rings. The number of thiophene rings is 1. The van der Waals surface area contributed by atoms with E-state index in [-0.39, 0.29) is 10.7 Å². The summed E-state index contributed by atoms with van der Waals surface area (Å²) in [4.78, 5) is 14.6. The number of anilines is 1. The van der Waals surface area contributed by atoms with Crippen LogP contribution in [0.1, 0.15) is 26.4 Å². The van der Waals surface area contributed by atoms with Gasteiger partial charge in [0.15, 0.2) is 0 Å². The molecule has 0 bridgehead atoms. The zero-order chi connectivity index (χ0) is 14.4. The number of nitrogens with zero attached hydrogens (tertiary/aromatic N) is 1. The van der Waals surface area contributed by atoms with Crippen LogP contribution in [-0.4, -0.2) is 13.0 Å². The third-order valence-electron chi connectivity index (χ3n) is 3.63. The molecule has 0 aliphatic carbocycles. The lowest BCUT2D eigenvalue weighted by atomic mass is 10.0. The highest BCUT2D eigenvalue weighted by molar-refractivity contribution is 9.09. The second-order valence-corrected chi connectivity index (χ2v) is 7.18. The van der Waals surface area contributed by atoms with Gasteiger partial charge in [-0.25, -0.2) is 0 Å². The number of alkyl halides is 1. The molecule has 104 valence electrons. The summed E-state index contributed by atoms with van der Waals surface area (Å²) >= 11 is 11.7. The molecule has 0 saturated carbocycles. The molecule has 2 aromatic rings. The van der Waals surface area contributed by atoms with Gasteiger partial charge in [0.25, 0.3) is 0 Å². The second-order valence-electron chi connectivity index (χ2n) is 4.98. The van der Waals surface area contributed by atoms with Gasteiger partial charge >= 0.3 is 0 Å². The summed E-state index contributed by atoms with van der Waals surface area (Å²) in [5, 5.41) is 2.89. The Kier molecular flexibility index (Phi) is 3.65. The summed E-state index contributed by atoms with van der Waals surface area (Å²) in [5.41, 5.74) is 4.33. The smallest absolute Gasteiger partial charge is 0.231 e. The standard InChI is InChI=1S/C15H13BrClNOS/c1-8-7-20-15(14(8)17)13(16)9-3-4-11-10(5-9)6-12(19)18(11)2/h3-5,7,13H,6H2,1-2H3. The number of rotatable bonds is 2. The van der Waals surface area contributed by atoms with E-state index in [1.807, 2.05) is 20.0 Å². The Hall–Kier alpha value is -0.840. The van der Waals surface area contributed by atoms with Gasteiger partial charge in [-0.05, 0) is 35.1 Å². The fourth-order valence-corrected chi connectivity index (χ4v) is 4.69. The molecule has 1 amide bonds. The minimum Gasteiger partial charge on any atom is -0.315 e. The van der Waals surface area contributed by atoms with Crippen molar-refractivity contribution in [3.05, 3.63) is 50.2 Å². The molecule has 0 saturated heterocycles. The van der Waals surface area contributed by atoms with E-state index in [1.165, 1.54) is 0 Å². The fourth-order valence-electron chi connectivity index (χ4n) is 2.42. The lowest BCUT2D eigenvalue weighted by Gasteiger charge is -2.13. The monoisotopic (exact) mass is 369 g/mol. The molecular formula is C15H13BrClNOS. The van der Waals surface area contributed by atoms with Crippen molar-refractivity contribution < 1.29 is 4.79 Å². The van der Waals surface area contributed by atoms with E-state index in [0.717, 1.165) is 32.3 Å². The van der Waals surface area contributed by atoms with Crippen molar-refractivity contribution in [3.8, 4) is 0 Å². The Morgan fingerprint density at radius 1 is 1.45 bits per heavy atom. The van der Waals surface area contributed by atoms with Gasteiger partial charge in [0.05, 0.1) is 16.3 Å². The highest BCUT2D eigenvalue weighted by Crippen LogP contribution is 2.42. The van der Waals surface area contributed by atoms with Crippen molar-refractivity contribution in [3.63, 3.8) is 0 Å². The largest absolute Gasteiger partial charge is 0.315 e. The number of hydrogen-bond donors (Lipinski definition) is 0. The van der Waals surface area contributed by atoms with Crippen molar-refractivity contribution >= 4 is 50.5 Å². The summed E-state index contributed by atoms with van der Waals surface area (Å²) < 4.78 is 0. The van der Waals surface area contributed by atoms with E-state index in [4.69, 9.17) is 11.6 Å². The maximum atomic E-state index is 11.7. The van der Waals surface area contributed by atoms with Gasteiger partial charge < -0.3 is 4.90 Å². The van der Waals surface area contributed by atoms with Crippen molar-refractivity contribution in [2.75, 3.05) is 11.9 Å². The maximum absolute atomic E-state index is 11.7. The molecule has 3 rings (SSSR count). The average Bonchev–Trinajstić information content (AvgIpc) is 2.91. The molecule has 0 spiro atoms. The molecular weight excluding hydrogens is 358 g/mol. The quantitative estimate of drug-likeness (QED) is 0.701. The molecule has 0 fully saturated rings. The normalized spacial score (nSPS) is 15.6. The first kappa shape index (κ1) is 14.1. The molecule has 20 heavy (non-hydrogen) atoms. The Bertz CT molecular complexity index is 697. The van der Waals surface area contributed by atoms with Crippen molar-refractivity contribution in [1.29, 1.82) is 0 Å². The molecule has 1 aromatic heterocycles. The first-order valence-corrected chi connectivity index (χ1v) is 8.43. The lowest BCUT2D eigenvalue weighted by Crippen LogP contribution is -2.20. The van der Waals surface area contributed by atoms with Crippen LogP contribution >= 0.6 is 38.9 Å². The van der Waals surface area contributed by atoms with Crippen LogP contribution in [0, 0.1) is 6.92 Å². The molecule has 1 aliphatic heterocycles. The molecule has 1 aromatic carbocycles. The number of likely N-dealkylation sites (N-methyl/N-ethyl adjacent to an activating group) is 1. The van der Waals surface area contributed by atoms with Gasteiger partial charge in [0, 0.05) is 17.6 Å². The number of benzene rings is 1. The Labute approximate surface area is 135 Å². The predicted molar refractivity (Wildman–Crippen MR) is 88.4 cm³/mol. The Morgan fingerprint density at radius 2 is 2.20 bits per heavy atom. The fraction of sp³-hybridized carbons (Fsp3) is 0.267. The maximum Gasteiger partial charge on any atom is 0.231 e. The van der Waals surface area contributed by atoms with Gasteiger partial charge in [-0.15, -0.1) is 11.3 Å². The van der Waals surface area contributed by atoms with Gasteiger partial charge in [0.2, 0.25) is 5.91 Å². The van der Waals surface area contributed by atoms with Gasteiger partial charge in [0.1, 0.15) is 0 Å². The first-order valence-electron chi connectivity index (χ1n) is 6.26. The lowest BCUT2D eigenvalue weighted by molar-refractivity contribution is -0.117. The third-order valence-corrected chi connectivity index (χ3v) is 6.70. The van der Waals surface area contributed by atoms with E-state index in [0.29, 0.717) is 6.42 Å². The molecule has 1 unspecified atom stereocenters. The summed E-state index contributed by atoms with van der Waals surface area (Å²) in [6.45, 7) is 2.01. The zero-order valence-corrected chi connectivity index (χ0v) is 14.3. The van der Waals surface area contributed by atoms with E-state index >= 15 is 0 Å². The van der Waals surface area contributed by atoms with E-state index in [1.54, 1.807) is 16.2 Å². The van der Waals surface area contributed by atoms with Gasteiger partial charge in [-0.2, -0.15) is 0 Å². The van der Waals surface area contributed by atoms with Crippen LogP contribution in [-0.2, 0) is 11.2 Å². The predicted octanol–water partition coefficient (Wildman–Crippen LogP) is 4.71. The van der Waals surface area contributed by atoms with Crippen molar-refractivity contribution in [2.45, 2.75) is 18.2 Å². The van der Waals surface area contributed by atoms with Crippen LogP contribution < -0.4 is 4.90 Å². The Morgan fingerprint density at radius 3 is 2.85 bits per heavy atom. The molecule has 5 heteroatoms. The first-order chi connectivity index (χ1) is 9.49. The molecule has 0 radical (unpaired) electrons. The average molecular weight is 371 g/mol. The number of amides is 1. The van der Waals surface area contributed by atoms with E-state index in [9.17, 15) is 4.79 Å². The summed E-state index contributed by atoms with van der Waals surface area (Å²) in [7, 11) is 1.82. The van der Waals surface area contributed by atoms with Crippen molar-refractivity contribution in [1.82, 2.24) is 0 Å². The van der Waals surface area contributed by atoms with Crippen LogP contribution in [0.4, 0.5) is 5.69 Å². The minimum absolute atomic E-state index is 0.0695.